The fourth-order valence-corrected chi connectivity index (χ4v) is 7.04. The van der Waals surface area contributed by atoms with Crippen molar-refractivity contribution in [1.82, 2.24) is 71.0 Å². The van der Waals surface area contributed by atoms with E-state index < -0.39 is 51.1 Å². The summed E-state index contributed by atoms with van der Waals surface area (Å²) in [6.07, 6.45) is 10.6. The van der Waals surface area contributed by atoms with Crippen molar-refractivity contribution in [2.75, 3.05) is 0 Å². The maximum Gasteiger partial charge on any atom is 3.00 e. The van der Waals surface area contributed by atoms with Gasteiger partial charge in [0.1, 0.15) is 22.6 Å². The van der Waals surface area contributed by atoms with E-state index in [2.05, 4.69) is 59.8 Å². The second-order valence-corrected chi connectivity index (χ2v) is 20.4. The molecule has 108 heavy (non-hydrogen) atoms. The molecular weight excluding hydrogens is 1700 g/mol. The van der Waals surface area contributed by atoms with Gasteiger partial charge in [0.25, 0.3) is 0 Å². The number of halogens is 4. The summed E-state index contributed by atoms with van der Waals surface area (Å²) in [5, 5.41) is 29.5. The summed E-state index contributed by atoms with van der Waals surface area (Å²) in [6, 6.07) is 74.5. The molecule has 13 aromatic rings. The van der Waals surface area contributed by atoms with Gasteiger partial charge in [-0.25, -0.2) is 94.5 Å². The minimum Gasteiger partial charge on any atom is -0.412 e. The van der Waals surface area contributed by atoms with Crippen LogP contribution in [0.2, 0.25) is 0 Å². The molecule has 10 aromatic heterocycles. The Hall–Kier alpha value is -10.9. The molecule has 0 saturated heterocycles. The molecule has 48 heteroatoms. The predicted molar refractivity (Wildman–Crippen MR) is 325 cm³/mol. The van der Waals surface area contributed by atoms with Crippen LogP contribution in [0, 0.1) is 81.4 Å². The Morgan fingerprint density at radius 3 is 0.593 bits per heavy atom. The van der Waals surface area contributed by atoms with Crippen LogP contribution in [-0.4, -0.2) is 80.9 Å². The van der Waals surface area contributed by atoms with Gasteiger partial charge in [0.2, 0.25) is 0 Å². The van der Waals surface area contributed by atoms with Gasteiger partial charge in [0, 0.05) is 37.2 Å². The largest absolute Gasteiger partial charge is 3.00 e. The van der Waals surface area contributed by atoms with Crippen LogP contribution in [0.4, 0.5) is 0 Å². The van der Waals surface area contributed by atoms with Gasteiger partial charge in [-0.15, -0.1) is 50.8 Å². The zero-order chi connectivity index (χ0) is 78.0. The van der Waals surface area contributed by atoms with Crippen molar-refractivity contribution in [3.8, 4) is 68.6 Å². The number of imidazole rings is 2. The van der Waals surface area contributed by atoms with E-state index in [1.165, 1.54) is 0 Å². The first kappa shape index (κ1) is 103. The number of fused-ring (bicyclic) bond motifs is 2. The number of hydrogen-bond donors (Lipinski definition) is 2. The molecular formula is C60H50Cl4N16O26Ru2. The summed E-state index contributed by atoms with van der Waals surface area (Å²) in [4.78, 5) is 81.3. The van der Waals surface area contributed by atoms with Crippen molar-refractivity contribution in [1.29, 1.82) is 0 Å². The fraction of sp³-hybridized carbons (Fsp3) is 0. The maximum absolute atomic E-state index is 8.49. The molecule has 0 spiro atoms. The zero-order valence-electron chi connectivity index (χ0n) is 53.7. The van der Waals surface area contributed by atoms with Gasteiger partial charge in [-0.05, 0) is 121 Å². The van der Waals surface area contributed by atoms with Crippen LogP contribution in [0.3, 0.4) is 0 Å². The summed E-state index contributed by atoms with van der Waals surface area (Å²) < 4.78 is 136. The summed E-state index contributed by atoms with van der Waals surface area (Å²) in [5.74, 6) is 1.63. The van der Waals surface area contributed by atoms with Gasteiger partial charge < -0.3 is 51.6 Å². The Morgan fingerprint density at radius 1 is 0.250 bits per heavy atom. The number of aromatic amines is 2. The van der Waals surface area contributed by atoms with Gasteiger partial charge in [-0.1, -0.05) is 109 Å². The van der Waals surface area contributed by atoms with Crippen molar-refractivity contribution in [2.45, 2.75) is 0 Å². The molecule has 0 amide bonds. The van der Waals surface area contributed by atoms with Gasteiger partial charge in [0.15, 0.2) is 11.6 Å². The molecule has 0 aliphatic carbocycles. The van der Waals surface area contributed by atoms with Gasteiger partial charge in [-0.2, -0.15) is 0 Å². The molecule has 0 aliphatic heterocycles. The number of benzene rings is 3. The fourth-order valence-electron chi connectivity index (χ4n) is 7.04. The van der Waals surface area contributed by atoms with E-state index in [0.29, 0.717) is 0 Å². The third kappa shape index (κ3) is 53.8. The summed E-state index contributed by atoms with van der Waals surface area (Å²) in [7, 11) is -19.8. The molecule has 13 rings (SSSR count). The SMILES string of the molecule is O.O.O=[N+]([O-])[O-].O=[N+]([O-])[O-].[N]=O.[N]=O.[O-][Cl+3]([O-])([O-])[O-].[O-][Cl+3]([O-])([O-])[O-].[O-][Cl+3]([O-])([O-])[O-].[O-][Cl+3]([O-])([O-])[O-].[Ru+3].[Ru+3].c1ccc(-c2cccc(-c3ccccn3)n2)nc1.c1ccc(-c2cccc(-c3ccccn3)n2)nc1.c1ccc(-c2nc3ccccc3[nH]2)nc1.c1ccc(-c2nc3ccccc3[nH]2)nc1.c1ccccc1. The van der Waals surface area contributed by atoms with Gasteiger partial charge in [0.05, 0.1) is 77.8 Å². The molecule has 570 valence electrons. The number of para-hydroxylation sites is 4. The molecule has 10 heterocycles. The number of H-pyrrole nitrogens is 2. The van der Waals surface area contributed by atoms with Crippen LogP contribution < -0.4 is 85.7 Å². The zero-order valence-corrected chi connectivity index (χ0v) is 60.2. The average Bonchev–Trinajstić information content (AvgIpc) is 1.28. The number of nitrogens with one attached hydrogen (secondary N) is 2. The van der Waals surface area contributed by atoms with Crippen LogP contribution in [-0.2, 0) is 39.0 Å². The first-order valence-electron chi connectivity index (χ1n) is 27.0. The van der Waals surface area contributed by atoms with Crippen molar-refractivity contribution in [2.24, 2.45) is 0 Å². The molecule has 0 unspecified atom stereocenters. The first-order valence-corrected chi connectivity index (χ1v) is 31.9. The molecule has 42 nitrogen and oxygen atoms in total. The summed E-state index contributed by atoms with van der Waals surface area (Å²) >= 11 is 0. The van der Waals surface area contributed by atoms with Crippen molar-refractivity contribution >= 4 is 22.1 Å². The van der Waals surface area contributed by atoms with Crippen molar-refractivity contribution in [3.63, 3.8) is 0 Å². The van der Waals surface area contributed by atoms with E-state index in [1.54, 1.807) is 37.2 Å². The van der Waals surface area contributed by atoms with Crippen LogP contribution in [0.5, 0.6) is 0 Å². The smallest absolute Gasteiger partial charge is 0.412 e. The Balaban J connectivity index is -0.000000572. The van der Waals surface area contributed by atoms with E-state index in [-0.39, 0.29) is 49.9 Å². The van der Waals surface area contributed by atoms with Gasteiger partial charge in [-0.3, -0.25) is 29.9 Å². The Kier molecular flexibility index (Phi) is 54.9. The summed E-state index contributed by atoms with van der Waals surface area (Å²) in [6.45, 7) is 0. The van der Waals surface area contributed by atoms with Gasteiger partial charge >= 0.3 is 39.0 Å². The van der Waals surface area contributed by atoms with Crippen LogP contribution in [0.1, 0.15) is 0 Å². The molecule has 0 aliphatic rings. The second kappa shape index (κ2) is 57.3. The monoisotopic (exact) mass is 1750 g/mol. The topological polar surface area (TPSA) is 804 Å². The van der Waals surface area contributed by atoms with Crippen LogP contribution in [0.15, 0.2) is 268 Å². The molecule has 3 aromatic carbocycles. The third-order valence-corrected chi connectivity index (χ3v) is 10.5. The molecule has 0 atom stereocenters. The molecule has 4 radical (unpaired) electrons. The quantitative estimate of drug-likeness (QED) is 0.0887. The number of nitrogens with zero attached hydrogens (tertiary/aromatic N) is 14. The molecule has 0 bridgehead atoms. The van der Waals surface area contributed by atoms with E-state index >= 15 is 0 Å². The number of pyridine rings is 8. The maximum atomic E-state index is 8.49. The normalized spacial score (nSPS) is 9.56. The molecule has 0 saturated carbocycles. The second-order valence-electron chi connectivity index (χ2n) is 17.4. The Morgan fingerprint density at radius 2 is 0.417 bits per heavy atom. The number of hydrogen-bond acceptors (Lipinski definition) is 34. The molecule has 0 fully saturated rings. The van der Waals surface area contributed by atoms with E-state index in [0.717, 1.165) is 90.7 Å². The third-order valence-electron chi connectivity index (χ3n) is 10.5. The minimum atomic E-state index is -4.94. The Bertz CT molecular complexity index is 3900. The van der Waals surface area contributed by atoms with Crippen molar-refractivity contribution in [3.05, 3.63) is 308 Å². The van der Waals surface area contributed by atoms with Crippen LogP contribution >= 0.6 is 0 Å². The standard InChI is InChI=1S/2C15H11N3.2C12H9N3.C6H6.4ClHO4.2NO3.2NO.2H2O.2Ru/c2*1-3-10-16-12(6-1)14-8-5-9-15(18-14)13-7-2-4-11-17-13;2*1-2-6-10-9(5-1)14-12(15-10)11-7-3-4-8-13-11;1-2-4-6-5-3-1;4*2-1(3,4)5;2*2-1(3)4;2*1-2;;;;/h2*1-11H;2*1-8H,(H,14,15);1-6H;4*(H,2,3,4,5);;;;;2*1H2;;/q;;;;;;;;;2*-1;;;;;2*+3/p-4. The number of aromatic nitrogens is 12. The molecule has 6 N–H and O–H groups in total. The predicted octanol–water partition coefficient (Wildman–Crippen LogP) is -8.70. The van der Waals surface area contributed by atoms with E-state index in [9.17, 15) is 0 Å². The summed E-state index contributed by atoms with van der Waals surface area (Å²) in [5.41, 5.74) is 24.2. The Labute approximate surface area is 641 Å². The van der Waals surface area contributed by atoms with Crippen molar-refractivity contribution < 1.29 is 176 Å². The first-order chi connectivity index (χ1) is 49.2. The van der Waals surface area contributed by atoms with Crippen LogP contribution in [0.25, 0.3) is 90.7 Å². The van der Waals surface area contributed by atoms with E-state index in [4.69, 9.17) is 126 Å². The number of nitroso groups, excluding NO2 is 2. The average molecular weight is 1760 g/mol. The van der Waals surface area contributed by atoms with E-state index in [1.807, 2.05) is 231 Å². The number of rotatable bonds is 6. The minimum absolute atomic E-state index is 0.